The van der Waals surface area contributed by atoms with Gasteiger partial charge in [0.1, 0.15) is 5.82 Å². The van der Waals surface area contributed by atoms with Crippen LogP contribution >= 0.6 is 0 Å². The molecule has 3 heteroatoms. The summed E-state index contributed by atoms with van der Waals surface area (Å²) >= 11 is 0. The van der Waals surface area contributed by atoms with E-state index in [0.717, 1.165) is 39.5 Å². The van der Waals surface area contributed by atoms with Gasteiger partial charge in [0.15, 0.2) is 0 Å². The van der Waals surface area contributed by atoms with Crippen molar-refractivity contribution in [2.24, 2.45) is 0 Å². The maximum absolute atomic E-state index is 5.18. The van der Waals surface area contributed by atoms with Gasteiger partial charge in [-0.15, -0.1) is 0 Å². The minimum Gasteiger partial charge on any atom is -0.341 e. The molecule has 230 valence electrons. The number of hydrogen-bond donors (Lipinski definition) is 0. The van der Waals surface area contributed by atoms with Gasteiger partial charge in [-0.05, 0) is 97.9 Å². The average Bonchev–Trinajstić information content (AvgIpc) is 3.57. The van der Waals surface area contributed by atoms with E-state index in [2.05, 4.69) is 186 Å². The van der Waals surface area contributed by atoms with Gasteiger partial charge >= 0.3 is 0 Å². The molecule has 10 rings (SSSR count). The Morgan fingerprint density at radius 1 is 0.408 bits per heavy atom. The molecule has 1 aliphatic heterocycles. The number of para-hydroxylation sites is 2. The summed E-state index contributed by atoms with van der Waals surface area (Å²) in [6.07, 6.45) is 0. The molecule has 0 fully saturated rings. The first kappa shape index (κ1) is 27.6. The molecule has 0 saturated carbocycles. The van der Waals surface area contributed by atoms with E-state index in [1.54, 1.807) is 0 Å². The summed E-state index contributed by atoms with van der Waals surface area (Å²) < 4.78 is 2.36. The molecular formula is C46H31N3. The van der Waals surface area contributed by atoms with E-state index in [1.165, 1.54) is 54.9 Å². The highest BCUT2D eigenvalue weighted by atomic mass is 15.2. The predicted octanol–water partition coefficient (Wildman–Crippen LogP) is 12.1. The molecule has 3 nitrogen and oxygen atoms in total. The molecule has 0 atom stereocenters. The van der Waals surface area contributed by atoms with Gasteiger partial charge in [-0.1, -0.05) is 121 Å². The van der Waals surface area contributed by atoms with Crippen molar-refractivity contribution in [3.8, 4) is 50.5 Å². The Balaban J connectivity index is 1.23. The Kier molecular flexibility index (Phi) is 6.09. The number of rotatable bonds is 4. The zero-order valence-electron chi connectivity index (χ0n) is 27.0. The van der Waals surface area contributed by atoms with Crippen LogP contribution < -0.4 is 4.90 Å². The van der Waals surface area contributed by atoms with Gasteiger partial charge in [-0.3, -0.25) is 4.57 Å². The van der Waals surface area contributed by atoms with Crippen LogP contribution in [0.15, 0.2) is 170 Å². The second-order valence-electron chi connectivity index (χ2n) is 12.9. The number of imidazole rings is 1. The maximum Gasteiger partial charge on any atom is 0.145 e. The van der Waals surface area contributed by atoms with Crippen molar-refractivity contribution < 1.29 is 0 Å². The van der Waals surface area contributed by atoms with E-state index >= 15 is 0 Å². The van der Waals surface area contributed by atoms with Crippen LogP contribution in [0, 0.1) is 0 Å². The van der Waals surface area contributed by atoms with Crippen molar-refractivity contribution >= 4 is 44.0 Å². The van der Waals surface area contributed by atoms with Gasteiger partial charge < -0.3 is 4.90 Å². The zero-order valence-corrected chi connectivity index (χ0v) is 27.0. The number of fused-ring (bicyclic) bond motifs is 4. The van der Waals surface area contributed by atoms with Gasteiger partial charge in [0.05, 0.1) is 28.1 Å². The Hall–Kier alpha value is -6.45. The van der Waals surface area contributed by atoms with E-state index in [0.29, 0.717) is 0 Å². The molecule has 0 unspecified atom stereocenters. The second kappa shape index (κ2) is 10.8. The third-order valence-corrected chi connectivity index (χ3v) is 10.0. The SMILES string of the molecule is CN1c2c(-c3cc(-c4ccc5ccccc5c4)cc(-c4ccc5ccccc5c4)c3)cccc2-n2c(-c3ccccc3)nc3cccc1c32. The Labute approximate surface area is 285 Å². The lowest BCUT2D eigenvalue weighted by Gasteiger charge is -2.32. The molecule has 0 bridgehead atoms. The molecule has 2 heterocycles. The quantitative estimate of drug-likeness (QED) is 0.194. The van der Waals surface area contributed by atoms with E-state index < -0.39 is 0 Å². The Morgan fingerprint density at radius 3 is 1.65 bits per heavy atom. The molecular weight excluding hydrogens is 595 g/mol. The topological polar surface area (TPSA) is 21.1 Å². The molecule has 0 N–H and O–H groups in total. The van der Waals surface area contributed by atoms with Gasteiger partial charge in [0.25, 0.3) is 0 Å². The standard InChI is InChI=1S/C46H31N3/c1-48-42-19-10-18-41-45(42)49(46(47-41)32-13-3-2-4-14-32)43-20-9-17-40(44(43)48)39-28-37(35-23-21-30-11-5-7-15-33(30)25-35)27-38(29-39)36-24-22-31-12-6-8-16-34(31)26-36/h2-29H,1H3. The number of anilines is 2. The third-order valence-electron chi connectivity index (χ3n) is 10.0. The van der Waals surface area contributed by atoms with Crippen LogP contribution in [-0.2, 0) is 0 Å². The monoisotopic (exact) mass is 625 g/mol. The van der Waals surface area contributed by atoms with Gasteiger partial charge in [0.2, 0.25) is 0 Å². The fourth-order valence-electron chi connectivity index (χ4n) is 7.67. The largest absolute Gasteiger partial charge is 0.341 e. The summed E-state index contributed by atoms with van der Waals surface area (Å²) in [5.74, 6) is 0.955. The van der Waals surface area contributed by atoms with Crippen LogP contribution in [-0.4, -0.2) is 16.6 Å². The molecule has 0 amide bonds. The lowest BCUT2D eigenvalue weighted by Crippen LogP contribution is -2.19. The number of aromatic nitrogens is 2. The van der Waals surface area contributed by atoms with Crippen molar-refractivity contribution in [1.29, 1.82) is 0 Å². The van der Waals surface area contributed by atoms with Crippen LogP contribution in [0.4, 0.5) is 11.4 Å². The summed E-state index contributed by atoms with van der Waals surface area (Å²) in [5, 5.41) is 4.97. The number of hydrogen-bond acceptors (Lipinski definition) is 2. The van der Waals surface area contributed by atoms with Gasteiger partial charge in [-0.2, -0.15) is 0 Å². The zero-order chi connectivity index (χ0) is 32.5. The molecule has 0 saturated heterocycles. The van der Waals surface area contributed by atoms with Crippen molar-refractivity contribution in [3.63, 3.8) is 0 Å². The Morgan fingerprint density at radius 2 is 0.980 bits per heavy atom. The highest BCUT2D eigenvalue weighted by Gasteiger charge is 2.29. The first-order chi connectivity index (χ1) is 24.2. The summed E-state index contributed by atoms with van der Waals surface area (Å²) in [5.41, 5.74) is 13.8. The van der Waals surface area contributed by atoms with E-state index in [-0.39, 0.29) is 0 Å². The van der Waals surface area contributed by atoms with Crippen molar-refractivity contribution in [2.45, 2.75) is 0 Å². The number of nitrogens with zero attached hydrogens (tertiary/aromatic N) is 3. The summed E-state index contributed by atoms with van der Waals surface area (Å²) in [6.45, 7) is 0. The van der Waals surface area contributed by atoms with Crippen molar-refractivity contribution in [1.82, 2.24) is 9.55 Å². The van der Waals surface area contributed by atoms with Crippen LogP contribution in [0.2, 0.25) is 0 Å². The second-order valence-corrected chi connectivity index (χ2v) is 12.9. The molecule has 1 aliphatic rings. The molecule has 0 spiro atoms. The summed E-state index contributed by atoms with van der Waals surface area (Å²) in [6, 6.07) is 61.5. The lowest BCUT2D eigenvalue weighted by molar-refractivity contribution is 1.05. The normalized spacial score (nSPS) is 12.1. The summed E-state index contributed by atoms with van der Waals surface area (Å²) in [7, 11) is 2.19. The van der Waals surface area contributed by atoms with Crippen LogP contribution in [0.3, 0.4) is 0 Å². The predicted molar refractivity (Wildman–Crippen MR) is 206 cm³/mol. The van der Waals surface area contributed by atoms with Crippen molar-refractivity contribution in [2.75, 3.05) is 11.9 Å². The van der Waals surface area contributed by atoms with Gasteiger partial charge in [0, 0.05) is 18.2 Å². The van der Waals surface area contributed by atoms with E-state index in [4.69, 9.17) is 4.98 Å². The fourth-order valence-corrected chi connectivity index (χ4v) is 7.67. The first-order valence-electron chi connectivity index (χ1n) is 16.8. The van der Waals surface area contributed by atoms with Crippen molar-refractivity contribution in [3.05, 3.63) is 170 Å². The molecule has 0 aliphatic carbocycles. The van der Waals surface area contributed by atoms with E-state index in [1.807, 2.05) is 0 Å². The molecule has 9 aromatic rings. The third kappa shape index (κ3) is 4.40. The van der Waals surface area contributed by atoms with Crippen LogP contribution in [0.25, 0.3) is 83.0 Å². The molecule has 8 aromatic carbocycles. The molecule has 0 radical (unpaired) electrons. The fraction of sp³-hybridized carbons (Fsp3) is 0.0217. The minimum atomic E-state index is 0.955. The minimum absolute atomic E-state index is 0.955. The highest BCUT2D eigenvalue weighted by Crippen LogP contribution is 2.49. The van der Waals surface area contributed by atoms with Gasteiger partial charge in [-0.25, -0.2) is 4.98 Å². The smallest absolute Gasteiger partial charge is 0.145 e. The maximum atomic E-state index is 5.18. The first-order valence-corrected chi connectivity index (χ1v) is 16.8. The molecule has 1 aromatic heterocycles. The number of benzene rings is 8. The van der Waals surface area contributed by atoms with E-state index in [9.17, 15) is 0 Å². The Bertz CT molecular complexity index is 2640. The average molecular weight is 626 g/mol. The lowest BCUT2D eigenvalue weighted by atomic mass is 9.90. The summed E-state index contributed by atoms with van der Waals surface area (Å²) in [4.78, 5) is 7.53. The van der Waals surface area contributed by atoms with Crippen LogP contribution in [0.5, 0.6) is 0 Å². The molecule has 49 heavy (non-hydrogen) atoms. The highest BCUT2D eigenvalue weighted by molar-refractivity contribution is 6.04. The van der Waals surface area contributed by atoms with Crippen LogP contribution in [0.1, 0.15) is 0 Å².